The highest BCUT2D eigenvalue weighted by molar-refractivity contribution is 5.87. The van der Waals surface area contributed by atoms with Gasteiger partial charge in [0.05, 0.1) is 18.4 Å². The molecule has 2 amide bonds. The first-order valence-corrected chi connectivity index (χ1v) is 6.81. The minimum atomic E-state index is -4.50. The van der Waals surface area contributed by atoms with Crippen LogP contribution in [0.5, 0.6) is 0 Å². The number of carbonyl (C=O) groups excluding carboxylic acids is 1. The van der Waals surface area contributed by atoms with Crippen molar-refractivity contribution in [2.24, 2.45) is 7.05 Å². The van der Waals surface area contributed by atoms with Crippen molar-refractivity contribution in [2.45, 2.75) is 26.2 Å². The van der Waals surface area contributed by atoms with Gasteiger partial charge in [-0.3, -0.25) is 10.00 Å². The van der Waals surface area contributed by atoms with Gasteiger partial charge in [-0.05, 0) is 6.92 Å². The summed E-state index contributed by atoms with van der Waals surface area (Å²) in [5.74, 6) is -0.147. The predicted molar refractivity (Wildman–Crippen MR) is 72.4 cm³/mol. The number of halogens is 3. The van der Waals surface area contributed by atoms with Crippen LogP contribution in [0.25, 0.3) is 0 Å². The molecule has 0 aromatic carbocycles. The number of rotatable bonds is 1. The number of carbonyl (C=O) groups is 1. The fraction of sp³-hybridized carbons (Fsp3) is 0.500. The molecule has 1 N–H and O–H groups in total. The normalized spacial score (nSPS) is 14.7. The zero-order chi connectivity index (χ0) is 16.8. The van der Waals surface area contributed by atoms with E-state index in [9.17, 15) is 18.0 Å². The van der Waals surface area contributed by atoms with E-state index in [1.165, 1.54) is 9.58 Å². The van der Waals surface area contributed by atoms with Crippen LogP contribution in [0.4, 0.5) is 23.9 Å². The van der Waals surface area contributed by atoms with E-state index < -0.39 is 18.0 Å². The van der Waals surface area contributed by atoms with Gasteiger partial charge in [-0.15, -0.1) is 5.10 Å². The Hall–Kier alpha value is -2.59. The average Bonchev–Trinajstić information content (AvgIpc) is 3.01. The van der Waals surface area contributed by atoms with Crippen LogP contribution in [0.3, 0.4) is 0 Å². The fourth-order valence-corrected chi connectivity index (χ4v) is 2.37. The van der Waals surface area contributed by atoms with E-state index in [4.69, 9.17) is 0 Å². The molecule has 11 heteroatoms. The Morgan fingerprint density at radius 1 is 1.35 bits per heavy atom. The standard InChI is InChI=1S/C12H14F3N7O/c1-7-17-10(19-20(7)2)18-11(23)21-3-4-22-8(6-21)5-16-9(22)12(13,14)15/h5H,3-4,6H2,1-2H3,(H,18,19,23). The number of hydrogen-bond donors (Lipinski definition) is 1. The van der Waals surface area contributed by atoms with Gasteiger partial charge in [0.1, 0.15) is 5.82 Å². The van der Waals surface area contributed by atoms with Crippen LogP contribution in [-0.2, 0) is 26.3 Å². The van der Waals surface area contributed by atoms with Crippen LogP contribution in [0.2, 0.25) is 0 Å². The summed E-state index contributed by atoms with van der Waals surface area (Å²) in [6.45, 7) is 1.96. The second kappa shape index (κ2) is 5.25. The van der Waals surface area contributed by atoms with Gasteiger partial charge in [0.2, 0.25) is 11.8 Å². The van der Waals surface area contributed by atoms with E-state index in [0.717, 1.165) is 10.8 Å². The van der Waals surface area contributed by atoms with Crippen LogP contribution in [-0.4, -0.2) is 41.8 Å². The van der Waals surface area contributed by atoms with E-state index >= 15 is 0 Å². The molecule has 3 heterocycles. The van der Waals surface area contributed by atoms with Gasteiger partial charge in [-0.2, -0.15) is 18.2 Å². The van der Waals surface area contributed by atoms with Crippen LogP contribution in [0.15, 0.2) is 6.20 Å². The maximum absolute atomic E-state index is 12.8. The molecule has 0 saturated carbocycles. The third-order valence-electron chi connectivity index (χ3n) is 3.62. The number of hydrogen-bond acceptors (Lipinski definition) is 4. The highest BCUT2D eigenvalue weighted by atomic mass is 19.4. The molecule has 23 heavy (non-hydrogen) atoms. The van der Waals surface area contributed by atoms with Gasteiger partial charge in [0.25, 0.3) is 0 Å². The monoisotopic (exact) mass is 329 g/mol. The first-order valence-electron chi connectivity index (χ1n) is 6.81. The smallest absolute Gasteiger partial charge is 0.321 e. The number of fused-ring (bicyclic) bond motifs is 1. The number of alkyl halides is 3. The Morgan fingerprint density at radius 3 is 2.70 bits per heavy atom. The molecule has 8 nitrogen and oxygen atoms in total. The Balaban J connectivity index is 1.72. The lowest BCUT2D eigenvalue weighted by Crippen LogP contribution is -2.41. The number of nitrogens with zero attached hydrogens (tertiary/aromatic N) is 6. The summed E-state index contributed by atoms with van der Waals surface area (Å²) in [7, 11) is 1.69. The molecule has 2 aromatic rings. The molecule has 0 spiro atoms. The van der Waals surface area contributed by atoms with E-state index in [2.05, 4.69) is 20.4 Å². The molecule has 124 valence electrons. The van der Waals surface area contributed by atoms with Crippen LogP contribution in [0.1, 0.15) is 17.3 Å². The summed E-state index contributed by atoms with van der Waals surface area (Å²) in [5, 5.41) is 6.54. The molecule has 2 aromatic heterocycles. The number of nitrogens with one attached hydrogen (secondary N) is 1. The lowest BCUT2D eigenvalue weighted by Gasteiger charge is -2.28. The number of urea groups is 1. The second-order valence-corrected chi connectivity index (χ2v) is 5.18. The lowest BCUT2D eigenvalue weighted by atomic mass is 10.3. The second-order valence-electron chi connectivity index (χ2n) is 5.18. The van der Waals surface area contributed by atoms with Gasteiger partial charge in [-0.1, -0.05) is 0 Å². The number of aromatic nitrogens is 5. The van der Waals surface area contributed by atoms with Crippen molar-refractivity contribution in [3.8, 4) is 0 Å². The maximum atomic E-state index is 12.8. The minimum absolute atomic E-state index is 0.0340. The molecule has 0 atom stereocenters. The predicted octanol–water partition coefficient (Wildman–Crippen LogP) is 1.39. The topological polar surface area (TPSA) is 80.9 Å². The molecule has 0 unspecified atom stereocenters. The molecular weight excluding hydrogens is 315 g/mol. The van der Waals surface area contributed by atoms with E-state index in [1.54, 1.807) is 14.0 Å². The molecule has 1 aliphatic rings. The molecular formula is C12H14F3N7O. The van der Waals surface area contributed by atoms with Gasteiger partial charge >= 0.3 is 12.2 Å². The van der Waals surface area contributed by atoms with E-state index in [1.807, 2.05) is 0 Å². The van der Waals surface area contributed by atoms with Crippen molar-refractivity contribution in [3.63, 3.8) is 0 Å². The Labute approximate surface area is 128 Å². The SMILES string of the molecule is Cc1nc(NC(=O)N2CCn3c(cnc3C(F)(F)F)C2)nn1C. The van der Waals surface area contributed by atoms with Crippen molar-refractivity contribution < 1.29 is 18.0 Å². The van der Waals surface area contributed by atoms with Crippen molar-refractivity contribution in [3.05, 3.63) is 23.5 Å². The largest absolute Gasteiger partial charge is 0.449 e. The quantitative estimate of drug-likeness (QED) is 0.857. The molecule has 3 rings (SSSR count). The van der Waals surface area contributed by atoms with Crippen LogP contribution in [0, 0.1) is 6.92 Å². The zero-order valence-corrected chi connectivity index (χ0v) is 12.4. The summed E-state index contributed by atoms with van der Waals surface area (Å²) < 4.78 is 41.0. The first kappa shape index (κ1) is 15.3. The lowest BCUT2D eigenvalue weighted by molar-refractivity contribution is -0.147. The van der Waals surface area contributed by atoms with Crippen molar-refractivity contribution in [1.29, 1.82) is 0 Å². The molecule has 0 aliphatic carbocycles. The van der Waals surface area contributed by atoms with Crippen LogP contribution >= 0.6 is 0 Å². The molecule has 0 radical (unpaired) electrons. The highest BCUT2D eigenvalue weighted by Crippen LogP contribution is 2.30. The first-order chi connectivity index (χ1) is 10.8. The third-order valence-corrected chi connectivity index (χ3v) is 3.62. The zero-order valence-electron chi connectivity index (χ0n) is 12.4. The van der Waals surface area contributed by atoms with E-state index in [-0.39, 0.29) is 25.6 Å². The number of amides is 2. The van der Waals surface area contributed by atoms with Crippen LogP contribution < -0.4 is 5.32 Å². The number of anilines is 1. The van der Waals surface area contributed by atoms with Crippen molar-refractivity contribution >= 4 is 12.0 Å². The van der Waals surface area contributed by atoms with Gasteiger partial charge in [0.15, 0.2) is 0 Å². The van der Waals surface area contributed by atoms with E-state index in [0.29, 0.717) is 11.5 Å². The van der Waals surface area contributed by atoms with Gasteiger partial charge < -0.3 is 9.47 Å². The molecule has 1 aliphatic heterocycles. The third kappa shape index (κ3) is 2.85. The summed E-state index contributed by atoms with van der Waals surface area (Å²) in [4.78, 5) is 21.0. The number of aryl methyl sites for hydroxylation is 2. The Kier molecular flexibility index (Phi) is 3.49. The highest BCUT2D eigenvalue weighted by Gasteiger charge is 2.38. The van der Waals surface area contributed by atoms with Crippen molar-refractivity contribution in [2.75, 3.05) is 11.9 Å². The van der Waals surface area contributed by atoms with Gasteiger partial charge in [-0.25, -0.2) is 9.78 Å². The van der Waals surface area contributed by atoms with Gasteiger partial charge in [0, 0.05) is 20.1 Å². The number of imidazole rings is 1. The summed E-state index contributed by atoms with van der Waals surface area (Å²) >= 11 is 0. The summed E-state index contributed by atoms with van der Waals surface area (Å²) in [6, 6.07) is -0.461. The maximum Gasteiger partial charge on any atom is 0.449 e. The fourth-order valence-electron chi connectivity index (χ4n) is 2.37. The molecule has 0 bridgehead atoms. The summed E-state index contributed by atoms with van der Waals surface area (Å²) in [5.41, 5.74) is 0.337. The average molecular weight is 329 g/mol. The summed E-state index contributed by atoms with van der Waals surface area (Å²) in [6.07, 6.45) is -3.36. The molecule has 0 saturated heterocycles. The molecule has 0 fully saturated rings. The Morgan fingerprint density at radius 2 is 2.09 bits per heavy atom. The Bertz CT molecular complexity index is 729. The van der Waals surface area contributed by atoms with Crippen molar-refractivity contribution in [1.82, 2.24) is 29.2 Å². The minimum Gasteiger partial charge on any atom is -0.321 e.